The smallest absolute Gasteiger partial charge is 0.153 e. The minimum Gasteiger partial charge on any atom is -0.377 e. The summed E-state index contributed by atoms with van der Waals surface area (Å²) in [6, 6.07) is 2.04. The number of hydrogen-bond acceptors (Lipinski definition) is 3. The third-order valence-electron chi connectivity index (χ3n) is 2.61. The van der Waals surface area contributed by atoms with Crippen molar-refractivity contribution >= 4 is 27.4 Å². The third kappa shape index (κ3) is 1.92. The zero-order valence-electron chi connectivity index (χ0n) is 9.49. The van der Waals surface area contributed by atoms with Gasteiger partial charge in [-0.1, -0.05) is 0 Å². The number of fused-ring (bicyclic) bond motifs is 1. The van der Waals surface area contributed by atoms with Gasteiger partial charge in [0.1, 0.15) is 5.82 Å². The van der Waals surface area contributed by atoms with Crippen LogP contribution in [0.5, 0.6) is 0 Å². The fraction of sp³-hybridized carbons (Fsp3) is 0.364. The van der Waals surface area contributed by atoms with E-state index in [1.807, 2.05) is 36.8 Å². The first-order valence-electron chi connectivity index (χ1n) is 5.04. The summed E-state index contributed by atoms with van der Waals surface area (Å²) in [5, 5.41) is 3.02. The molecule has 0 aliphatic heterocycles. The molecule has 0 saturated carbocycles. The lowest BCUT2D eigenvalue weighted by Gasteiger charge is -2.10. The molecule has 0 radical (unpaired) electrons. The van der Waals surface area contributed by atoms with Gasteiger partial charge < -0.3 is 14.5 Å². The molecule has 1 unspecified atom stereocenters. The van der Waals surface area contributed by atoms with Gasteiger partial charge in [-0.3, -0.25) is 0 Å². The second-order valence-electron chi connectivity index (χ2n) is 3.61. The highest BCUT2D eigenvalue weighted by Crippen LogP contribution is 2.25. The van der Waals surface area contributed by atoms with Crippen LogP contribution in [-0.2, 0) is 4.74 Å². The van der Waals surface area contributed by atoms with E-state index in [-0.39, 0.29) is 6.10 Å². The van der Waals surface area contributed by atoms with E-state index in [1.54, 1.807) is 7.11 Å². The number of rotatable bonds is 3. The lowest BCUT2D eigenvalue weighted by molar-refractivity contribution is 0.119. The number of nitrogens with zero attached hydrogens (tertiary/aromatic N) is 2. The maximum atomic E-state index is 5.30. The van der Waals surface area contributed by atoms with Gasteiger partial charge in [-0.05, 0) is 34.5 Å². The lowest BCUT2D eigenvalue weighted by atomic mass is 10.2. The second kappa shape index (κ2) is 4.43. The fourth-order valence-corrected chi connectivity index (χ4v) is 2.11. The van der Waals surface area contributed by atoms with E-state index in [1.165, 1.54) is 0 Å². The van der Waals surface area contributed by atoms with E-state index in [9.17, 15) is 0 Å². The van der Waals surface area contributed by atoms with Gasteiger partial charge in [0.05, 0.1) is 16.8 Å². The van der Waals surface area contributed by atoms with Crippen molar-refractivity contribution in [3.63, 3.8) is 0 Å². The van der Waals surface area contributed by atoms with Crippen molar-refractivity contribution in [1.29, 1.82) is 0 Å². The molecule has 0 aliphatic carbocycles. The van der Waals surface area contributed by atoms with E-state index in [4.69, 9.17) is 4.74 Å². The normalized spacial score (nSPS) is 13.0. The van der Waals surface area contributed by atoms with Crippen molar-refractivity contribution in [2.75, 3.05) is 19.5 Å². The number of anilines is 1. The Morgan fingerprint density at radius 1 is 1.50 bits per heavy atom. The predicted molar refractivity (Wildman–Crippen MR) is 67.9 cm³/mol. The Labute approximate surface area is 103 Å². The van der Waals surface area contributed by atoms with Crippen LogP contribution in [0.15, 0.2) is 22.9 Å². The SMILES string of the molecule is CNc1cn2cc(C(C)OC)cc(Br)c2n1. The van der Waals surface area contributed by atoms with Crippen molar-refractivity contribution in [3.05, 3.63) is 28.5 Å². The molecule has 0 amide bonds. The molecule has 1 atom stereocenters. The minimum absolute atomic E-state index is 0.0705. The Kier molecular flexibility index (Phi) is 3.16. The maximum Gasteiger partial charge on any atom is 0.153 e. The topological polar surface area (TPSA) is 38.6 Å². The molecular weight excluding hydrogens is 270 g/mol. The van der Waals surface area contributed by atoms with Gasteiger partial charge in [0.25, 0.3) is 0 Å². The molecule has 86 valence electrons. The van der Waals surface area contributed by atoms with Crippen molar-refractivity contribution in [2.24, 2.45) is 0 Å². The number of methoxy groups -OCH3 is 1. The molecule has 0 aliphatic rings. The highest BCUT2D eigenvalue weighted by Gasteiger charge is 2.10. The van der Waals surface area contributed by atoms with E-state index >= 15 is 0 Å². The molecule has 0 saturated heterocycles. The Hall–Kier alpha value is -1.07. The molecular formula is C11H14BrN3O. The van der Waals surface area contributed by atoms with Crippen LogP contribution in [-0.4, -0.2) is 23.5 Å². The molecule has 2 aromatic rings. The molecule has 1 N–H and O–H groups in total. The van der Waals surface area contributed by atoms with Gasteiger partial charge in [0.15, 0.2) is 5.65 Å². The second-order valence-corrected chi connectivity index (χ2v) is 4.46. The third-order valence-corrected chi connectivity index (χ3v) is 3.19. The summed E-state index contributed by atoms with van der Waals surface area (Å²) < 4.78 is 8.26. The molecule has 16 heavy (non-hydrogen) atoms. The van der Waals surface area contributed by atoms with Gasteiger partial charge in [0, 0.05) is 20.4 Å². The maximum absolute atomic E-state index is 5.30. The van der Waals surface area contributed by atoms with Crippen molar-refractivity contribution in [2.45, 2.75) is 13.0 Å². The number of halogens is 1. The van der Waals surface area contributed by atoms with Crippen LogP contribution in [0.25, 0.3) is 5.65 Å². The highest BCUT2D eigenvalue weighted by molar-refractivity contribution is 9.10. The number of pyridine rings is 1. The predicted octanol–water partition coefficient (Wildman–Crippen LogP) is 2.85. The summed E-state index contributed by atoms with van der Waals surface area (Å²) in [4.78, 5) is 4.42. The van der Waals surface area contributed by atoms with Crippen LogP contribution in [0.3, 0.4) is 0 Å². The summed E-state index contributed by atoms with van der Waals surface area (Å²) in [5.41, 5.74) is 2.01. The largest absolute Gasteiger partial charge is 0.377 e. The molecule has 2 rings (SSSR count). The summed E-state index contributed by atoms with van der Waals surface area (Å²) >= 11 is 3.52. The van der Waals surface area contributed by atoms with Gasteiger partial charge in [0.2, 0.25) is 0 Å². The number of nitrogens with one attached hydrogen (secondary N) is 1. The molecule has 5 heteroatoms. The summed E-state index contributed by atoms with van der Waals surface area (Å²) in [6.07, 6.45) is 4.05. The van der Waals surface area contributed by atoms with Crippen LogP contribution < -0.4 is 5.32 Å². The highest BCUT2D eigenvalue weighted by atomic mass is 79.9. The van der Waals surface area contributed by atoms with Crippen LogP contribution in [0.4, 0.5) is 5.82 Å². The molecule has 0 aromatic carbocycles. The van der Waals surface area contributed by atoms with E-state index in [0.29, 0.717) is 0 Å². The molecule has 0 spiro atoms. The van der Waals surface area contributed by atoms with E-state index in [2.05, 4.69) is 26.2 Å². The zero-order valence-corrected chi connectivity index (χ0v) is 11.1. The van der Waals surface area contributed by atoms with E-state index in [0.717, 1.165) is 21.5 Å². The van der Waals surface area contributed by atoms with E-state index < -0.39 is 0 Å². The van der Waals surface area contributed by atoms with Gasteiger partial charge in [-0.2, -0.15) is 0 Å². The minimum atomic E-state index is 0.0705. The summed E-state index contributed by atoms with van der Waals surface area (Å²) in [6.45, 7) is 2.02. The molecule has 4 nitrogen and oxygen atoms in total. The average Bonchev–Trinajstić information content (AvgIpc) is 2.71. The lowest BCUT2D eigenvalue weighted by Crippen LogP contribution is -1.98. The molecule has 0 bridgehead atoms. The Morgan fingerprint density at radius 2 is 2.25 bits per heavy atom. The molecule has 2 aromatic heterocycles. The van der Waals surface area contributed by atoms with Crippen molar-refractivity contribution in [1.82, 2.24) is 9.38 Å². The summed E-state index contributed by atoms with van der Waals surface area (Å²) in [5.74, 6) is 0.850. The Bertz CT molecular complexity index is 509. The van der Waals surface area contributed by atoms with Crippen LogP contribution in [0.1, 0.15) is 18.6 Å². The van der Waals surface area contributed by atoms with Crippen molar-refractivity contribution in [3.8, 4) is 0 Å². The number of hydrogen-bond donors (Lipinski definition) is 1. The standard InChI is InChI=1S/C11H14BrN3O/c1-7(16-3)8-4-9(12)11-14-10(13-2)6-15(11)5-8/h4-7,13H,1-3H3. The fourth-order valence-electron chi connectivity index (χ4n) is 1.56. The quantitative estimate of drug-likeness (QED) is 0.942. The number of imidazole rings is 1. The van der Waals surface area contributed by atoms with Gasteiger partial charge in [-0.25, -0.2) is 4.98 Å². The Balaban J connectivity index is 2.57. The summed E-state index contributed by atoms with van der Waals surface area (Å²) in [7, 11) is 3.56. The average molecular weight is 284 g/mol. The monoisotopic (exact) mass is 283 g/mol. The first-order chi connectivity index (χ1) is 7.65. The van der Waals surface area contributed by atoms with Crippen LogP contribution >= 0.6 is 15.9 Å². The zero-order chi connectivity index (χ0) is 11.7. The number of aromatic nitrogens is 2. The first kappa shape index (κ1) is 11.4. The van der Waals surface area contributed by atoms with Crippen LogP contribution in [0.2, 0.25) is 0 Å². The van der Waals surface area contributed by atoms with Crippen LogP contribution in [0, 0.1) is 0 Å². The van der Waals surface area contributed by atoms with Gasteiger partial charge in [-0.15, -0.1) is 0 Å². The molecule has 2 heterocycles. The van der Waals surface area contributed by atoms with Gasteiger partial charge >= 0.3 is 0 Å². The number of ether oxygens (including phenoxy) is 1. The first-order valence-corrected chi connectivity index (χ1v) is 5.83. The Morgan fingerprint density at radius 3 is 2.88 bits per heavy atom. The molecule has 0 fully saturated rings. The van der Waals surface area contributed by atoms with Crippen molar-refractivity contribution < 1.29 is 4.74 Å².